The van der Waals surface area contributed by atoms with Crippen molar-refractivity contribution in [3.63, 3.8) is 0 Å². The molecule has 1 N–H and O–H groups in total. The van der Waals surface area contributed by atoms with Gasteiger partial charge in [0.1, 0.15) is 30.0 Å². The number of nitrogens with zero attached hydrogens (tertiary/aromatic N) is 2. The summed E-state index contributed by atoms with van der Waals surface area (Å²) in [7, 11) is 3.56. The predicted molar refractivity (Wildman–Crippen MR) is 119 cm³/mol. The lowest BCUT2D eigenvalue weighted by Gasteiger charge is -2.21. The number of carbonyl (C=O) groups excluding carboxylic acids is 1. The van der Waals surface area contributed by atoms with Crippen molar-refractivity contribution in [2.45, 2.75) is 25.5 Å². The molecule has 1 heterocycles. The molecule has 1 saturated heterocycles. The average Bonchev–Trinajstić information content (AvgIpc) is 3.32. The summed E-state index contributed by atoms with van der Waals surface area (Å²) in [6, 6.07) is 15.0. The third kappa shape index (κ3) is 7.45. The van der Waals surface area contributed by atoms with Gasteiger partial charge in [0.25, 0.3) is 5.91 Å². The van der Waals surface area contributed by atoms with E-state index in [-0.39, 0.29) is 19.1 Å². The molecule has 1 atom stereocenters. The van der Waals surface area contributed by atoms with E-state index in [2.05, 4.69) is 0 Å². The Bertz CT molecular complexity index is 821. The monoisotopic (exact) mass is 428 g/mol. The van der Waals surface area contributed by atoms with Gasteiger partial charge in [-0.3, -0.25) is 9.69 Å². The summed E-state index contributed by atoms with van der Waals surface area (Å²) in [5.41, 5.74) is 1.10. The summed E-state index contributed by atoms with van der Waals surface area (Å²) in [5.74, 6) is 2.12. The molecule has 0 radical (unpaired) electrons. The van der Waals surface area contributed by atoms with Gasteiger partial charge in [0.05, 0.1) is 7.11 Å². The Balaban J connectivity index is 1.38. The van der Waals surface area contributed by atoms with Gasteiger partial charge in [0, 0.05) is 32.2 Å². The van der Waals surface area contributed by atoms with Crippen molar-refractivity contribution in [2.75, 3.05) is 47.0 Å². The molecular formula is C24H32N2O5. The van der Waals surface area contributed by atoms with E-state index in [0.29, 0.717) is 24.6 Å². The number of benzene rings is 2. The first kappa shape index (κ1) is 22.9. The predicted octanol–water partition coefficient (Wildman–Crippen LogP) is 2.57. The zero-order valence-electron chi connectivity index (χ0n) is 18.3. The summed E-state index contributed by atoms with van der Waals surface area (Å²) in [4.78, 5) is 16.0. The number of hydrogen-bond acceptors (Lipinski definition) is 6. The van der Waals surface area contributed by atoms with Crippen molar-refractivity contribution in [3.05, 3.63) is 54.1 Å². The first-order valence-corrected chi connectivity index (χ1v) is 10.7. The van der Waals surface area contributed by atoms with Crippen LogP contribution in [0.3, 0.4) is 0 Å². The number of rotatable bonds is 11. The lowest BCUT2D eigenvalue weighted by Crippen LogP contribution is -2.32. The van der Waals surface area contributed by atoms with Gasteiger partial charge in [-0.2, -0.15) is 0 Å². The smallest absolute Gasteiger partial charge is 0.260 e. The van der Waals surface area contributed by atoms with E-state index >= 15 is 0 Å². The molecule has 0 aromatic heterocycles. The second kappa shape index (κ2) is 11.6. The van der Waals surface area contributed by atoms with Crippen LogP contribution in [0.25, 0.3) is 0 Å². The highest BCUT2D eigenvalue weighted by Crippen LogP contribution is 2.19. The molecule has 0 aliphatic carbocycles. The molecule has 3 rings (SSSR count). The molecule has 2 aromatic rings. The fourth-order valence-corrected chi connectivity index (χ4v) is 3.57. The van der Waals surface area contributed by atoms with Gasteiger partial charge in [-0.25, -0.2) is 0 Å². The van der Waals surface area contributed by atoms with Crippen LogP contribution in [0.1, 0.15) is 18.4 Å². The van der Waals surface area contributed by atoms with Gasteiger partial charge in [-0.1, -0.05) is 18.2 Å². The zero-order valence-corrected chi connectivity index (χ0v) is 18.3. The Morgan fingerprint density at radius 1 is 1.06 bits per heavy atom. The van der Waals surface area contributed by atoms with E-state index in [9.17, 15) is 9.90 Å². The Labute approximate surface area is 184 Å². The van der Waals surface area contributed by atoms with Crippen molar-refractivity contribution >= 4 is 5.91 Å². The van der Waals surface area contributed by atoms with E-state index in [1.54, 1.807) is 13.2 Å². The van der Waals surface area contributed by atoms with Crippen LogP contribution in [0.4, 0.5) is 0 Å². The molecule has 2 aromatic carbocycles. The second-order valence-electron chi connectivity index (χ2n) is 7.86. The molecule has 0 spiro atoms. The van der Waals surface area contributed by atoms with Crippen LogP contribution in [-0.2, 0) is 11.3 Å². The molecule has 1 aliphatic rings. The van der Waals surface area contributed by atoms with Crippen LogP contribution < -0.4 is 14.2 Å². The molecule has 0 saturated carbocycles. The van der Waals surface area contributed by atoms with E-state index in [0.717, 1.165) is 37.2 Å². The molecule has 1 fully saturated rings. The lowest BCUT2D eigenvalue weighted by atomic mass is 10.2. The maximum absolute atomic E-state index is 12.1. The topological polar surface area (TPSA) is 71.5 Å². The highest BCUT2D eigenvalue weighted by Gasteiger charge is 2.18. The molecule has 1 amide bonds. The maximum Gasteiger partial charge on any atom is 0.260 e. The highest BCUT2D eigenvalue weighted by atomic mass is 16.5. The number of ether oxygens (including phenoxy) is 3. The van der Waals surface area contributed by atoms with Crippen LogP contribution in [0, 0.1) is 0 Å². The number of aliphatic hydroxyl groups excluding tert-OH is 1. The van der Waals surface area contributed by atoms with Crippen LogP contribution in [0.2, 0.25) is 0 Å². The average molecular weight is 429 g/mol. The van der Waals surface area contributed by atoms with Crippen LogP contribution in [-0.4, -0.2) is 73.9 Å². The summed E-state index contributed by atoms with van der Waals surface area (Å²) < 4.78 is 16.5. The summed E-state index contributed by atoms with van der Waals surface area (Å²) in [5, 5.41) is 10.3. The number of methoxy groups -OCH3 is 1. The van der Waals surface area contributed by atoms with Crippen molar-refractivity contribution in [3.8, 4) is 17.2 Å². The maximum atomic E-state index is 12.1. The Morgan fingerprint density at radius 2 is 1.77 bits per heavy atom. The van der Waals surface area contributed by atoms with Crippen molar-refractivity contribution in [1.29, 1.82) is 0 Å². The lowest BCUT2D eigenvalue weighted by molar-refractivity contribution is -0.132. The normalized spacial score (nSPS) is 14.5. The largest absolute Gasteiger partial charge is 0.497 e. The van der Waals surface area contributed by atoms with Crippen LogP contribution >= 0.6 is 0 Å². The quantitative estimate of drug-likeness (QED) is 0.593. The van der Waals surface area contributed by atoms with Gasteiger partial charge in [0.2, 0.25) is 0 Å². The fourth-order valence-electron chi connectivity index (χ4n) is 3.57. The van der Waals surface area contributed by atoms with Crippen LogP contribution in [0.5, 0.6) is 17.2 Å². The Kier molecular flexibility index (Phi) is 8.55. The number of aliphatic hydroxyl groups is 1. The summed E-state index contributed by atoms with van der Waals surface area (Å²) >= 11 is 0. The number of amides is 1. The first-order valence-electron chi connectivity index (χ1n) is 10.7. The van der Waals surface area contributed by atoms with Crippen molar-refractivity contribution in [2.24, 2.45) is 0 Å². The third-order valence-electron chi connectivity index (χ3n) is 5.20. The number of likely N-dealkylation sites (N-methyl/N-ethyl adjacent to an activating group) is 1. The number of likely N-dealkylation sites (tertiary alicyclic amines) is 1. The minimum atomic E-state index is -0.615. The standard InChI is InChI=1S/C24H32N2O5/c1-25(16-20(27)17-30-23-7-5-6-22(14-23)29-2)15-19-8-10-21(11-9-19)31-18-24(28)26-12-3-4-13-26/h5-11,14,20,27H,3-4,12-13,15-18H2,1-2H3. The number of carbonyl (C=O) groups is 1. The molecule has 7 nitrogen and oxygen atoms in total. The van der Waals surface area contributed by atoms with Crippen LogP contribution in [0.15, 0.2) is 48.5 Å². The van der Waals surface area contributed by atoms with Gasteiger partial charge < -0.3 is 24.2 Å². The molecule has 168 valence electrons. The molecule has 7 heteroatoms. The van der Waals surface area contributed by atoms with E-state index in [1.165, 1.54) is 0 Å². The van der Waals surface area contributed by atoms with Gasteiger partial charge >= 0.3 is 0 Å². The number of hydrogen-bond donors (Lipinski definition) is 1. The molecular weight excluding hydrogens is 396 g/mol. The van der Waals surface area contributed by atoms with Gasteiger partial charge in [-0.15, -0.1) is 0 Å². The van der Waals surface area contributed by atoms with Gasteiger partial charge in [-0.05, 0) is 49.7 Å². The first-order chi connectivity index (χ1) is 15.0. The Morgan fingerprint density at radius 3 is 2.48 bits per heavy atom. The molecule has 1 unspecified atom stereocenters. The minimum absolute atomic E-state index is 0.0477. The molecule has 0 bridgehead atoms. The van der Waals surface area contributed by atoms with Gasteiger partial charge in [0.15, 0.2) is 6.61 Å². The van der Waals surface area contributed by atoms with E-state index in [1.807, 2.05) is 59.3 Å². The molecule has 31 heavy (non-hydrogen) atoms. The fraction of sp³-hybridized carbons (Fsp3) is 0.458. The highest BCUT2D eigenvalue weighted by molar-refractivity contribution is 5.78. The third-order valence-corrected chi connectivity index (χ3v) is 5.20. The van der Waals surface area contributed by atoms with E-state index in [4.69, 9.17) is 14.2 Å². The van der Waals surface area contributed by atoms with E-state index < -0.39 is 6.10 Å². The van der Waals surface area contributed by atoms with Crippen molar-refractivity contribution < 1.29 is 24.1 Å². The van der Waals surface area contributed by atoms with Crippen molar-refractivity contribution in [1.82, 2.24) is 9.80 Å². The summed E-state index contributed by atoms with van der Waals surface area (Å²) in [6.07, 6.45) is 1.54. The minimum Gasteiger partial charge on any atom is -0.497 e. The molecule has 1 aliphatic heterocycles. The Hall–Kier alpha value is -2.77. The second-order valence-corrected chi connectivity index (χ2v) is 7.86. The summed E-state index contributed by atoms with van der Waals surface area (Å²) in [6.45, 7) is 3.12. The zero-order chi connectivity index (χ0) is 22.1. The SMILES string of the molecule is COc1cccc(OCC(O)CN(C)Cc2ccc(OCC(=O)N3CCCC3)cc2)c1.